The number of methoxy groups -OCH3 is 1. The molecule has 0 radical (unpaired) electrons. The maximum atomic E-state index is 9.66. The third-order valence-electron chi connectivity index (χ3n) is 3.43. The summed E-state index contributed by atoms with van der Waals surface area (Å²) in [5.41, 5.74) is 1.14. The van der Waals surface area contributed by atoms with Gasteiger partial charge in [0.1, 0.15) is 5.75 Å². The molecule has 0 saturated carbocycles. The molecule has 0 aliphatic rings. The molecule has 0 amide bonds. The molecule has 0 aromatic heterocycles. The molecule has 1 aromatic carbocycles. The normalized spacial score (nSPS) is 15.4. The lowest BCUT2D eigenvalue weighted by molar-refractivity contribution is 0.0723. The van der Waals surface area contributed by atoms with E-state index in [4.69, 9.17) is 9.47 Å². The molecule has 1 N–H and O–H groups in total. The minimum Gasteiger partial charge on any atom is -0.497 e. The molecule has 0 heterocycles. The molecule has 0 fully saturated rings. The van der Waals surface area contributed by atoms with Gasteiger partial charge in [-0.2, -0.15) is 0 Å². The molecule has 3 heteroatoms. The zero-order valence-corrected chi connectivity index (χ0v) is 12.7. The van der Waals surface area contributed by atoms with Crippen LogP contribution in [0.15, 0.2) is 36.9 Å². The number of hydrogen-bond donors (Lipinski definition) is 1. The Morgan fingerprint density at radius 2 is 1.90 bits per heavy atom. The van der Waals surface area contributed by atoms with Crippen LogP contribution in [0, 0.1) is 11.8 Å². The lowest BCUT2D eigenvalue weighted by atomic mass is 9.93. The molecule has 0 aliphatic carbocycles. The molecular weight excluding hydrogens is 252 g/mol. The van der Waals surface area contributed by atoms with E-state index in [9.17, 15) is 5.11 Å². The Bertz CT molecular complexity index is 386. The molecule has 0 saturated heterocycles. The average Bonchev–Trinajstić information content (AvgIpc) is 2.47. The number of hydrogen-bond acceptors (Lipinski definition) is 3. The second kappa shape index (κ2) is 8.77. The highest BCUT2D eigenvalue weighted by molar-refractivity contribution is 5.26. The van der Waals surface area contributed by atoms with E-state index in [1.165, 1.54) is 0 Å². The summed E-state index contributed by atoms with van der Waals surface area (Å²) in [5, 5.41) is 9.66. The van der Waals surface area contributed by atoms with E-state index in [1.807, 2.05) is 31.2 Å². The van der Waals surface area contributed by atoms with Crippen LogP contribution in [0.1, 0.15) is 25.8 Å². The van der Waals surface area contributed by atoms with Gasteiger partial charge in [0, 0.05) is 6.61 Å². The second-order valence-electron chi connectivity index (χ2n) is 5.41. The Morgan fingerprint density at radius 3 is 2.45 bits per heavy atom. The number of aliphatic hydroxyl groups is 1. The molecule has 0 spiro atoms. The Labute approximate surface area is 122 Å². The van der Waals surface area contributed by atoms with Crippen LogP contribution in [-0.4, -0.2) is 24.9 Å². The van der Waals surface area contributed by atoms with Crippen LogP contribution in [0.5, 0.6) is 5.75 Å². The van der Waals surface area contributed by atoms with E-state index in [-0.39, 0.29) is 5.92 Å². The van der Waals surface area contributed by atoms with E-state index < -0.39 is 6.10 Å². The van der Waals surface area contributed by atoms with Crippen LogP contribution >= 0.6 is 0 Å². The van der Waals surface area contributed by atoms with E-state index in [0.29, 0.717) is 19.1 Å². The Balaban J connectivity index is 2.27. The third-order valence-corrected chi connectivity index (χ3v) is 3.43. The fourth-order valence-corrected chi connectivity index (χ4v) is 2.17. The molecule has 1 rings (SSSR count). The largest absolute Gasteiger partial charge is 0.497 e. The first-order chi connectivity index (χ1) is 9.56. The summed E-state index contributed by atoms with van der Waals surface area (Å²) in [5.74, 6) is 1.49. The number of ether oxygens (including phenoxy) is 2. The molecule has 112 valence electrons. The summed E-state index contributed by atoms with van der Waals surface area (Å²) in [6.07, 6.45) is 2.09. The van der Waals surface area contributed by atoms with Gasteiger partial charge >= 0.3 is 0 Å². The van der Waals surface area contributed by atoms with Crippen LogP contribution in [0.25, 0.3) is 0 Å². The van der Waals surface area contributed by atoms with Gasteiger partial charge in [-0.15, -0.1) is 6.58 Å². The fourth-order valence-electron chi connectivity index (χ4n) is 2.17. The first kappa shape index (κ1) is 16.7. The standard InChI is InChI=1S/C17H26O3/c1-5-17(18)14(3)10-13(2)11-20-12-15-6-8-16(19-4)9-7-15/h5-9,13-14,17-18H,1,10-12H2,2-4H3/t13-,14+,17+/m1/s1. The van der Waals surface area contributed by atoms with Crippen LogP contribution < -0.4 is 4.74 Å². The van der Waals surface area contributed by atoms with Crippen molar-refractivity contribution in [1.82, 2.24) is 0 Å². The van der Waals surface area contributed by atoms with Gasteiger partial charge in [-0.3, -0.25) is 0 Å². The van der Waals surface area contributed by atoms with Crippen LogP contribution in [-0.2, 0) is 11.3 Å². The Hall–Kier alpha value is -1.32. The van der Waals surface area contributed by atoms with Crippen LogP contribution in [0.4, 0.5) is 0 Å². The maximum Gasteiger partial charge on any atom is 0.118 e. The smallest absolute Gasteiger partial charge is 0.118 e. The zero-order valence-electron chi connectivity index (χ0n) is 12.7. The first-order valence-corrected chi connectivity index (χ1v) is 7.08. The molecular formula is C17H26O3. The summed E-state index contributed by atoms with van der Waals surface area (Å²) in [6.45, 7) is 9.09. The monoisotopic (exact) mass is 278 g/mol. The van der Waals surface area contributed by atoms with Crippen molar-refractivity contribution >= 4 is 0 Å². The minimum absolute atomic E-state index is 0.215. The van der Waals surface area contributed by atoms with Gasteiger partial charge in [-0.25, -0.2) is 0 Å². The molecule has 3 nitrogen and oxygen atoms in total. The SMILES string of the molecule is C=C[C@H](O)[C@@H](C)C[C@@H](C)COCc1ccc(OC)cc1. The van der Waals surface area contributed by atoms with Gasteiger partial charge in [0.25, 0.3) is 0 Å². The van der Waals surface area contributed by atoms with Gasteiger partial charge in [-0.1, -0.05) is 32.1 Å². The predicted octanol–water partition coefficient (Wildman–Crippen LogP) is 3.42. The molecule has 3 atom stereocenters. The van der Waals surface area contributed by atoms with Crippen molar-refractivity contribution in [2.75, 3.05) is 13.7 Å². The second-order valence-corrected chi connectivity index (χ2v) is 5.41. The highest BCUT2D eigenvalue weighted by Gasteiger charge is 2.14. The van der Waals surface area contributed by atoms with Crippen molar-refractivity contribution in [3.63, 3.8) is 0 Å². The zero-order chi connectivity index (χ0) is 15.0. The average molecular weight is 278 g/mol. The highest BCUT2D eigenvalue weighted by Crippen LogP contribution is 2.17. The fraction of sp³-hybridized carbons (Fsp3) is 0.529. The first-order valence-electron chi connectivity index (χ1n) is 7.08. The number of benzene rings is 1. The van der Waals surface area contributed by atoms with Gasteiger partial charge < -0.3 is 14.6 Å². The lowest BCUT2D eigenvalue weighted by Crippen LogP contribution is -2.19. The maximum absolute atomic E-state index is 9.66. The van der Waals surface area contributed by atoms with Gasteiger partial charge in [0.15, 0.2) is 0 Å². The van der Waals surface area contributed by atoms with Gasteiger partial charge in [0.2, 0.25) is 0 Å². The van der Waals surface area contributed by atoms with Crippen molar-refractivity contribution in [3.05, 3.63) is 42.5 Å². The molecule has 1 aromatic rings. The summed E-state index contributed by atoms with van der Waals surface area (Å²) in [6, 6.07) is 7.89. The van der Waals surface area contributed by atoms with Crippen molar-refractivity contribution in [1.29, 1.82) is 0 Å². The summed E-state index contributed by atoms with van der Waals surface area (Å²) in [4.78, 5) is 0. The van der Waals surface area contributed by atoms with Crippen molar-refractivity contribution < 1.29 is 14.6 Å². The minimum atomic E-state index is -0.431. The number of aliphatic hydroxyl groups excluding tert-OH is 1. The van der Waals surface area contributed by atoms with E-state index in [1.54, 1.807) is 13.2 Å². The van der Waals surface area contributed by atoms with E-state index in [2.05, 4.69) is 13.5 Å². The molecule has 0 unspecified atom stereocenters. The Morgan fingerprint density at radius 1 is 1.25 bits per heavy atom. The van der Waals surface area contributed by atoms with Gasteiger partial charge in [-0.05, 0) is 36.0 Å². The number of rotatable bonds is 9. The van der Waals surface area contributed by atoms with Crippen molar-refractivity contribution in [3.8, 4) is 5.75 Å². The van der Waals surface area contributed by atoms with Gasteiger partial charge in [0.05, 0.1) is 19.8 Å². The quantitative estimate of drug-likeness (QED) is 0.703. The van der Waals surface area contributed by atoms with Crippen molar-refractivity contribution in [2.45, 2.75) is 33.0 Å². The molecule has 20 heavy (non-hydrogen) atoms. The predicted molar refractivity (Wildman–Crippen MR) is 81.8 cm³/mol. The topological polar surface area (TPSA) is 38.7 Å². The lowest BCUT2D eigenvalue weighted by Gasteiger charge is -2.20. The highest BCUT2D eigenvalue weighted by atomic mass is 16.5. The molecule has 0 bridgehead atoms. The summed E-state index contributed by atoms with van der Waals surface area (Å²) >= 11 is 0. The van der Waals surface area contributed by atoms with E-state index >= 15 is 0 Å². The molecule has 0 aliphatic heterocycles. The summed E-state index contributed by atoms with van der Waals surface area (Å²) < 4.78 is 10.8. The third kappa shape index (κ3) is 5.76. The van der Waals surface area contributed by atoms with Crippen molar-refractivity contribution in [2.24, 2.45) is 11.8 Å². The van der Waals surface area contributed by atoms with Crippen LogP contribution in [0.2, 0.25) is 0 Å². The summed E-state index contributed by atoms with van der Waals surface area (Å²) in [7, 11) is 1.66. The van der Waals surface area contributed by atoms with Crippen LogP contribution in [0.3, 0.4) is 0 Å². The van der Waals surface area contributed by atoms with E-state index in [0.717, 1.165) is 17.7 Å². The Kier molecular flexibility index (Phi) is 7.34.